The average Bonchev–Trinajstić information content (AvgIpc) is 2.48. The van der Waals surface area contributed by atoms with Crippen LogP contribution in [0.3, 0.4) is 0 Å². The summed E-state index contributed by atoms with van der Waals surface area (Å²) in [6.07, 6.45) is 1.93. The minimum absolute atomic E-state index is 0.155. The van der Waals surface area contributed by atoms with Crippen molar-refractivity contribution in [1.29, 1.82) is 0 Å². The van der Waals surface area contributed by atoms with E-state index in [1.165, 1.54) is 6.20 Å². The second-order valence-electron chi connectivity index (χ2n) is 5.02. The van der Waals surface area contributed by atoms with Gasteiger partial charge in [0.1, 0.15) is 11.2 Å². The average molecular weight is 293 g/mol. The van der Waals surface area contributed by atoms with E-state index in [1.807, 2.05) is 13.8 Å². The Bertz CT molecular complexity index is 515. The van der Waals surface area contributed by atoms with Gasteiger partial charge in [0, 0.05) is 25.0 Å². The van der Waals surface area contributed by atoms with Crippen LogP contribution in [-0.4, -0.2) is 45.5 Å². The van der Waals surface area contributed by atoms with E-state index >= 15 is 0 Å². The summed E-state index contributed by atoms with van der Waals surface area (Å²) in [5, 5.41) is 12.2. The van der Waals surface area contributed by atoms with Gasteiger partial charge in [-0.1, -0.05) is 6.92 Å². The molecule has 0 fully saturated rings. The molecular formula is C15H23N3O3. The van der Waals surface area contributed by atoms with Crippen molar-refractivity contribution in [1.82, 2.24) is 9.88 Å². The molecule has 1 rings (SSSR count). The Morgan fingerprint density at radius 2 is 1.95 bits per heavy atom. The molecule has 0 saturated carbocycles. The van der Waals surface area contributed by atoms with Crippen LogP contribution in [0.15, 0.2) is 18.3 Å². The number of carbonyl (C=O) groups excluding carboxylic acids is 1. The number of carbonyl (C=O) groups is 2. The van der Waals surface area contributed by atoms with Crippen molar-refractivity contribution in [2.45, 2.75) is 39.7 Å². The first-order chi connectivity index (χ1) is 9.87. The van der Waals surface area contributed by atoms with Crippen molar-refractivity contribution in [3.63, 3.8) is 0 Å². The molecule has 0 aromatic carbocycles. The van der Waals surface area contributed by atoms with Gasteiger partial charge in [0.15, 0.2) is 0 Å². The first kappa shape index (κ1) is 16.9. The van der Waals surface area contributed by atoms with Crippen LogP contribution >= 0.6 is 0 Å². The molecule has 0 aliphatic heterocycles. The number of aromatic nitrogens is 1. The summed E-state index contributed by atoms with van der Waals surface area (Å²) in [6.45, 7) is 8.43. The molecule has 0 aliphatic carbocycles. The van der Waals surface area contributed by atoms with E-state index in [0.717, 1.165) is 0 Å². The molecule has 1 aromatic rings. The number of pyridine rings is 1. The van der Waals surface area contributed by atoms with E-state index < -0.39 is 11.5 Å². The first-order valence-electron chi connectivity index (χ1n) is 7.14. The Labute approximate surface area is 125 Å². The molecule has 2 N–H and O–H groups in total. The molecule has 1 unspecified atom stereocenters. The summed E-state index contributed by atoms with van der Waals surface area (Å²) >= 11 is 0. The highest BCUT2D eigenvalue weighted by Crippen LogP contribution is 2.19. The first-order valence-corrected chi connectivity index (χ1v) is 7.14. The van der Waals surface area contributed by atoms with Gasteiger partial charge in [0.2, 0.25) is 0 Å². The number of hydrogen-bond donors (Lipinski definition) is 2. The minimum atomic E-state index is -1.07. The van der Waals surface area contributed by atoms with Gasteiger partial charge in [-0.15, -0.1) is 0 Å². The molecule has 0 radical (unpaired) electrons. The zero-order valence-corrected chi connectivity index (χ0v) is 13.0. The zero-order chi connectivity index (χ0) is 16.0. The van der Waals surface area contributed by atoms with Gasteiger partial charge in [0.05, 0.1) is 0 Å². The monoisotopic (exact) mass is 293 g/mol. The standard InChI is InChI=1S/C15H23N3O3/c1-5-15(4,14(20)21)17-11-8-9-16-12(10-11)13(19)18(6-2)7-3/h8-10H,5-7H2,1-4H3,(H,16,17)(H,20,21). The summed E-state index contributed by atoms with van der Waals surface area (Å²) in [5.74, 6) is -1.09. The van der Waals surface area contributed by atoms with Crippen LogP contribution in [0.2, 0.25) is 0 Å². The number of rotatable bonds is 7. The van der Waals surface area contributed by atoms with Gasteiger partial charge in [-0.25, -0.2) is 4.79 Å². The lowest BCUT2D eigenvalue weighted by molar-refractivity contribution is -0.141. The maximum absolute atomic E-state index is 12.2. The molecule has 0 bridgehead atoms. The summed E-state index contributed by atoms with van der Waals surface area (Å²) < 4.78 is 0. The third-order valence-corrected chi connectivity index (χ3v) is 3.63. The van der Waals surface area contributed by atoms with E-state index in [0.29, 0.717) is 30.9 Å². The Kier molecular flexibility index (Phi) is 5.69. The molecule has 6 heteroatoms. The second-order valence-corrected chi connectivity index (χ2v) is 5.02. The highest BCUT2D eigenvalue weighted by Gasteiger charge is 2.31. The fourth-order valence-corrected chi connectivity index (χ4v) is 1.91. The molecule has 1 amide bonds. The third-order valence-electron chi connectivity index (χ3n) is 3.63. The van der Waals surface area contributed by atoms with Crippen LogP contribution in [0.4, 0.5) is 5.69 Å². The predicted octanol–water partition coefficient (Wildman–Crippen LogP) is 2.23. The molecule has 0 spiro atoms. The summed E-state index contributed by atoms with van der Waals surface area (Å²) in [5.41, 5.74) is -0.184. The molecule has 1 atom stereocenters. The molecule has 116 valence electrons. The highest BCUT2D eigenvalue weighted by molar-refractivity contribution is 5.93. The van der Waals surface area contributed by atoms with Crippen molar-refractivity contribution in [3.8, 4) is 0 Å². The smallest absolute Gasteiger partial charge is 0.329 e. The van der Waals surface area contributed by atoms with E-state index in [4.69, 9.17) is 0 Å². The lowest BCUT2D eigenvalue weighted by Crippen LogP contribution is -2.42. The van der Waals surface area contributed by atoms with Crippen molar-refractivity contribution < 1.29 is 14.7 Å². The van der Waals surface area contributed by atoms with Crippen LogP contribution < -0.4 is 5.32 Å². The fraction of sp³-hybridized carbons (Fsp3) is 0.533. The maximum Gasteiger partial charge on any atom is 0.329 e. The highest BCUT2D eigenvalue weighted by atomic mass is 16.4. The van der Waals surface area contributed by atoms with Gasteiger partial charge >= 0.3 is 5.97 Å². The third kappa shape index (κ3) is 3.93. The number of nitrogens with zero attached hydrogens (tertiary/aromatic N) is 2. The van der Waals surface area contributed by atoms with Crippen LogP contribution in [0.25, 0.3) is 0 Å². The molecule has 0 aliphatic rings. The fourth-order valence-electron chi connectivity index (χ4n) is 1.91. The van der Waals surface area contributed by atoms with E-state index in [9.17, 15) is 14.7 Å². The number of aliphatic carboxylic acids is 1. The molecular weight excluding hydrogens is 270 g/mol. The van der Waals surface area contributed by atoms with E-state index in [1.54, 1.807) is 30.9 Å². The Morgan fingerprint density at radius 3 is 2.43 bits per heavy atom. The van der Waals surface area contributed by atoms with Crippen LogP contribution in [0, 0.1) is 0 Å². The quantitative estimate of drug-likeness (QED) is 0.805. The van der Waals surface area contributed by atoms with Crippen molar-refractivity contribution in [3.05, 3.63) is 24.0 Å². The molecule has 0 saturated heterocycles. The van der Waals surface area contributed by atoms with Gasteiger partial charge in [-0.05, 0) is 39.3 Å². The number of hydrogen-bond acceptors (Lipinski definition) is 4. The van der Waals surface area contributed by atoms with Gasteiger partial charge in [-0.2, -0.15) is 0 Å². The van der Waals surface area contributed by atoms with Gasteiger partial charge in [0.25, 0.3) is 5.91 Å². The van der Waals surface area contributed by atoms with E-state index in [-0.39, 0.29) is 5.91 Å². The molecule has 1 aromatic heterocycles. The van der Waals surface area contributed by atoms with Crippen molar-refractivity contribution in [2.75, 3.05) is 18.4 Å². The summed E-state index contributed by atoms with van der Waals surface area (Å²) in [6, 6.07) is 3.26. The minimum Gasteiger partial charge on any atom is -0.480 e. The maximum atomic E-state index is 12.2. The predicted molar refractivity (Wildman–Crippen MR) is 81.4 cm³/mol. The van der Waals surface area contributed by atoms with Crippen LogP contribution in [0.5, 0.6) is 0 Å². The van der Waals surface area contributed by atoms with Gasteiger partial charge in [-0.3, -0.25) is 9.78 Å². The van der Waals surface area contributed by atoms with Crippen LogP contribution in [0.1, 0.15) is 44.6 Å². The van der Waals surface area contributed by atoms with Gasteiger partial charge < -0.3 is 15.3 Å². The zero-order valence-electron chi connectivity index (χ0n) is 13.0. The van der Waals surface area contributed by atoms with Crippen LogP contribution in [-0.2, 0) is 4.79 Å². The number of carboxylic acids is 1. The van der Waals surface area contributed by atoms with Crippen molar-refractivity contribution in [2.24, 2.45) is 0 Å². The Morgan fingerprint density at radius 1 is 1.33 bits per heavy atom. The number of amides is 1. The molecule has 21 heavy (non-hydrogen) atoms. The Hall–Kier alpha value is -2.11. The second kappa shape index (κ2) is 7.06. The summed E-state index contributed by atoms with van der Waals surface area (Å²) in [4.78, 5) is 29.3. The molecule has 1 heterocycles. The summed E-state index contributed by atoms with van der Waals surface area (Å²) in [7, 11) is 0. The number of anilines is 1. The lowest BCUT2D eigenvalue weighted by Gasteiger charge is -2.26. The number of carboxylic acid groups (broad SMARTS) is 1. The lowest BCUT2D eigenvalue weighted by atomic mass is 9.99. The van der Waals surface area contributed by atoms with E-state index in [2.05, 4.69) is 10.3 Å². The largest absolute Gasteiger partial charge is 0.480 e. The van der Waals surface area contributed by atoms with Crippen molar-refractivity contribution >= 4 is 17.6 Å². The normalized spacial score (nSPS) is 13.3. The topological polar surface area (TPSA) is 82.5 Å². The Balaban J connectivity index is 3.01. The molecule has 6 nitrogen and oxygen atoms in total. The SMILES string of the molecule is CCN(CC)C(=O)c1cc(NC(C)(CC)C(=O)O)ccn1. The number of nitrogens with one attached hydrogen (secondary N) is 1.